The lowest BCUT2D eigenvalue weighted by Crippen LogP contribution is -2.30. The normalized spacial score (nSPS) is 11.6. The van der Waals surface area contributed by atoms with E-state index in [1.54, 1.807) is 27.7 Å². The average Bonchev–Trinajstić information content (AvgIpc) is 2.55. The Labute approximate surface area is 153 Å². The quantitative estimate of drug-likeness (QED) is 0.688. The first kappa shape index (κ1) is 21.4. The van der Waals surface area contributed by atoms with Crippen LogP contribution in [0.5, 0.6) is 0 Å². The zero-order chi connectivity index (χ0) is 19.2. The predicted molar refractivity (Wildman–Crippen MR) is 96.0 cm³/mol. The second-order valence-corrected chi connectivity index (χ2v) is 7.89. The Morgan fingerprint density at radius 2 is 1.84 bits per heavy atom. The maximum absolute atomic E-state index is 12.5. The van der Waals surface area contributed by atoms with E-state index in [9.17, 15) is 18.0 Å². The van der Waals surface area contributed by atoms with E-state index < -0.39 is 28.5 Å². The summed E-state index contributed by atoms with van der Waals surface area (Å²) in [5.74, 6) is -1.45. The first-order valence-corrected chi connectivity index (χ1v) is 9.71. The van der Waals surface area contributed by atoms with Gasteiger partial charge in [0.2, 0.25) is 10.0 Å². The van der Waals surface area contributed by atoms with Gasteiger partial charge in [-0.25, -0.2) is 8.42 Å². The van der Waals surface area contributed by atoms with Crippen LogP contribution < -0.4 is 5.32 Å². The SMILES string of the molecule is CCN(CC)S(=O)(=O)c1ccc(Cl)c(NC(=O)COC(=O)C(C)C)c1. The molecule has 1 amide bonds. The highest BCUT2D eigenvalue weighted by atomic mass is 35.5. The molecule has 1 N–H and O–H groups in total. The van der Waals surface area contributed by atoms with Crippen molar-refractivity contribution in [2.45, 2.75) is 32.6 Å². The number of carbonyl (C=O) groups excluding carboxylic acids is 2. The van der Waals surface area contributed by atoms with Crippen LogP contribution in [0.2, 0.25) is 5.02 Å². The number of nitrogens with zero attached hydrogens (tertiary/aromatic N) is 1. The molecule has 25 heavy (non-hydrogen) atoms. The molecule has 0 heterocycles. The van der Waals surface area contributed by atoms with E-state index >= 15 is 0 Å². The Hall–Kier alpha value is -1.64. The summed E-state index contributed by atoms with van der Waals surface area (Å²) in [4.78, 5) is 23.3. The van der Waals surface area contributed by atoms with Crippen LogP contribution in [0.4, 0.5) is 5.69 Å². The molecule has 0 unspecified atom stereocenters. The molecular formula is C16H23ClN2O5S. The van der Waals surface area contributed by atoms with Gasteiger partial charge in [0, 0.05) is 13.1 Å². The number of ether oxygens (including phenoxy) is 1. The summed E-state index contributed by atoms with van der Waals surface area (Å²) in [6, 6.07) is 4.07. The lowest BCUT2D eigenvalue weighted by molar-refractivity contribution is -0.150. The Balaban J connectivity index is 2.95. The van der Waals surface area contributed by atoms with E-state index in [2.05, 4.69) is 5.32 Å². The third-order valence-electron chi connectivity index (χ3n) is 3.37. The fourth-order valence-corrected chi connectivity index (χ4v) is 3.61. The van der Waals surface area contributed by atoms with Gasteiger partial charge in [0.15, 0.2) is 6.61 Å². The highest BCUT2D eigenvalue weighted by Gasteiger charge is 2.23. The molecule has 1 rings (SSSR count). The molecule has 0 saturated carbocycles. The maximum atomic E-state index is 12.5. The van der Waals surface area contributed by atoms with E-state index in [1.807, 2.05) is 0 Å². The van der Waals surface area contributed by atoms with Crippen LogP contribution in [0, 0.1) is 5.92 Å². The smallest absolute Gasteiger partial charge is 0.308 e. The Kier molecular flexibility index (Phi) is 7.85. The minimum Gasteiger partial charge on any atom is -0.455 e. The number of carbonyl (C=O) groups is 2. The standard InChI is InChI=1S/C16H23ClN2O5S/c1-5-19(6-2)25(22,23)12-7-8-13(17)14(9-12)18-15(20)10-24-16(21)11(3)4/h7-9,11H,5-6,10H2,1-4H3,(H,18,20). The number of esters is 1. The molecule has 0 saturated heterocycles. The van der Waals surface area contributed by atoms with Crippen LogP contribution in [-0.2, 0) is 24.3 Å². The number of rotatable bonds is 8. The summed E-state index contributed by atoms with van der Waals surface area (Å²) < 4.78 is 31.2. The topological polar surface area (TPSA) is 92.8 Å². The van der Waals surface area contributed by atoms with Crippen molar-refractivity contribution in [3.8, 4) is 0 Å². The summed E-state index contributed by atoms with van der Waals surface area (Å²) in [7, 11) is -3.68. The number of amides is 1. The van der Waals surface area contributed by atoms with Gasteiger partial charge in [0.05, 0.1) is 21.5 Å². The third-order valence-corrected chi connectivity index (χ3v) is 5.75. The molecular weight excluding hydrogens is 368 g/mol. The van der Waals surface area contributed by atoms with Crippen LogP contribution in [-0.4, -0.2) is 44.3 Å². The summed E-state index contributed by atoms with van der Waals surface area (Å²) in [6.07, 6.45) is 0. The minimum atomic E-state index is -3.68. The zero-order valence-electron chi connectivity index (χ0n) is 14.7. The van der Waals surface area contributed by atoms with Gasteiger partial charge in [-0.3, -0.25) is 9.59 Å². The van der Waals surface area contributed by atoms with Crippen LogP contribution in [0.3, 0.4) is 0 Å². The van der Waals surface area contributed by atoms with Crippen molar-refractivity contribution in [2.75, 3.05) is 25.0 Å². The van der Waals surface area contributed by atoms with Crippen molar-refractivity contribution in [3.63, 3.8) is 0 Å². The molecule has 1 aromatic carbocycles. The van der Waals surface area contributed by atoms with Crippen LogP contribution in [0.25, 0.3) is 0 Å². The predicted octanol–water partition coefficient (Wildman–Crippen LogP) is 2.51. The summed E-state index contributed by atoms with van der Waals surface area (Å²) in [5, 5.41) is 2.64. The molecule has 0 aromatic heterocycles. The van der Waals surface area contributed by atoms with Crippen molar-refractivity contribution < 1.29 is 22.7 Å². The number of halogens is 1. The van der Waals surface area contributed by atoms with Gasteiger partial charge in [-0.05, 0) is 18.2 Å². The van der Waals surface area contributed by atoms with Crippen molar-refractivity contribution in [1.29, 1.82) is 0 Å². The number of hydrogen-bond donors (Lipinski definition) is 1. The molecule has 7 nitrogen and oxygen atoms in total. The Morgan fingerprint density at radius 3 is 2.36 bits per heavy atom. The third kappa shape index (κ3) is 5.69. The van der Waals surface area contributed by atoms with Gasteiger partial charge in [-0.2, -0.15) is 4.31 Å². The summed E-state index contributed by atoms with van der Waals surface area (Å²) in [6.45, 7) is 6.96. The summed E-state index contributed by atoms with van der Waals surface area (Å²) in [5.41, 5.74) is 0.139. The van der Waals surface area contributed by atoms with Crippen LogP contribution in [0.15, 0.2) is 23.1 Å². The zero-order valence-corrected chi connectivity index (χ0v) is 16.3. The second-order valence-electron chi connectivity index (χ2n) is 5.54. The number of nitrogens with one attached hydrogen (secondary N) is 1. The van der Waals surface area contributed by atoms with Crippen molar-refractivity contribution in [2.24, 2.45) is 5.92 Å². The molecule has 0 bridgehead atoms. The van der Waals surface area contributed by atoms with Crippen LogP contribution >= 0.6 is 11.6 Å². The molecule has 0 radical (unpaired) electrons. The molecule has 0 aliphatic rings. The van der Waals surface area contributed by atoms with E-state index in [1.165, 1.54) is 22.5 Å². The van der Waals surface area contributed by atoms with Crippen molar-refractivity contribution in [3.05, 3.63) is 23.2 Å². The van der Waals surface area contributed by atoms with E-state index in [4.69, 9.17) is 16.3 Å². The van der Waals surface area contributed by atoms with Gasteiger partial charge in [-0.1, -0.05) is 39.3 Å². The van der Waals surface area contributed by atoms with Gasteiger partial charge >= 0.3 is 5.97 Å². The van der Waals surface area contributed by atoms with Crippen molar-refractivity contribution >= 4 is 39.2 Å². The fourth-order valence-electron chi connectivity index (χ4n) is 1.96. The van der Waals surface area contributed by atoms with Gasteiger partial charge in [-0.15, -0.1) is 0 Å². The van der Waals surface area contributed by atoms with Gasteiger partial charge in [0.25, 0.3) is 5.91 Å². The van der Waals surface area contributed by atoms with Gasteiger partial charge in [0.1, 0.15) is 0 Å². The Bertz CT molecular complexity index is 730. The molecule has 9 heteroatoms. The second kappa shape index (κ2) is 9.17. The highest BCUT2D eigenvalue weighted by molar-refractivity contribution is 7.89. The number of benzene rings is 1. The first-order valence-electron chi connectivity index (χ1n) is 7.89. The number of sulfonamides is 1. The molecule has 0 atom stereocenters. The number of hydrogen-bond acceptors (Lipinski definition) is 5. The maximum Gasteiger partial charge on any atom is 0.308 e. The van der Waals surface area contributed by atoms with Crippen LogP contribution in [0.1, 0.15) is 27.7 Å². The molecule has 140 valence electrons. The minimum absolute atomic E-state index is 0.0232. The first-order chi connectivity index (χ1) is 11.6. The molecule has 0 aliphatic heterocycles. The van der Waals surface area contributed by atoms with E-state index in [-0.39, 0.29) is 21.5 Å². The monoisotopic (exact) mass is 390 g/mol. The highest BCUT2D eigenvalue weighted by Crippen LogP contribution is 2.27. The van der Waals surface area contributed by atoms with Gasteiger partial charge < -0.3 is 10.1 Å². The summed E-state index contributed by atoms with van der Waals surface area (Å²) >= 11 is 6.02. The fraction of sp³-hybridized carbons (Fsp3) is 0.500. The molecule has 0 aliphatic carbocycles. The molecule has 1 aromatic rings. The lowest BCUT2D eigenvalue weighted by Gasteiger charge is -2.19. The van der Waals surface area contributed by atoms with E-state index in [0.717, 1.165) is 0 Å². The largest absolute Gasteiger partial charge is 0.455 e. The van der Waals surface area contributed by atoms with E-state index in [0.29, 0.717) is 13.1 Å². The number of anilines is 1. The Morgan fingerprint density at radius 1 is 1.24 bits per heavy atom. The molecule has 0 fully saturated rings. The molecule has 0 spiro atoms. The average molecular weight is 391 g/mol. The van der Waals surface area contributed by atoms with Crippen molar-refractivity contribution in [1.82, 2.24) is 4.31 Å². The lowest BCUT2D eigenvalue weighted by atomic mass is 10.2.